The van der Waals surface area contributed by atoms with E-state index in [0.29, 0.717) is 29.4 Å². The summed E-state index contributed by atoms with van der Waals surface area (Å²) in [5.74, 6) is 2.79. The van der Waals surface area contributed by atoms with Crippen LogP contribution >= 0.6 is 22.6 Å². The van der Waals surface area contributed by atoms with Crippen molar-refractivity contribution < 1.29 is 51.9 Å². The van der Waals surface area contributed by atoms with Crippen molar-refractivity contribution in [3.05, 3.63) is 9.66 Å². The van der Waals surface area contributed by atoms with E-state index in [0.717, 1.165) is 38.8 Å². The van der Waals surface area contributed by atoms with Gasteiger partial charge in [-0.3, -0.25) is 0 Å². The fraction of sp³-hybridized carbons (Fsp3) is 0.913. The summed E-state index contributed by atoms with van der Waals surface area (Å²) in [6, 6.07) is 0. The molecule has 0 aromatic rings. The molecule has 2 aliphatic heterocycles. The Balaban J connectivity index is 1.11. The van der Waals surface area contributed by atoms with Gasteiger partial charge in [0.2, 0.25) is 0 Å². The Morgan fingerprint density at radius 2 is 1.50 bits per heavy atom. The van der Waals surface area contributed by atoms with Crippen molar-refractivity contribution in [1.82, 2.24) is 0 Å². The van der Waals surface area contributed by atoms with Crippen LogP contribution in [0.3, 0.4) is 0 Å². The van der Waals surface area contributed by atoms with Crippen LogP contribution in [-0.2, 0) is 9.47 Å². The summed E-state index contributed by atoms with van der Waals surface area (Å²) in [5.41, 5.74) is 0. The second kappa shape index (κ2) is 11.6. The fourth-order valence-electron chi connectivity index (χ4n) is 5.15. The number of hydrogen-bond acceptors (Lipinski definition) is 2. The van der Waals surface area contributed by atoms with E-state index in [2.05, 4.69) is 35.6 Å². The van der Waals surface area contributed by atoms with Crippen molar-refractivity contribution in [3.8, 4) is 0 Å². The van der Waals surface area contributed by atoms with Gasteiger partial charge in [-0.15, -0.1) is 0 Å². The molecular formula is C23H37I3O2-2. The van der Waals surface area contributed by atoms with Crippen molar-refractivity contribution in [1.29, 1.82) is 0 Å². The van der Waals surface area contributed by atoms with E-state index >= 15 is 0 Å². The van der Waals surface area contributed by atoms with Crippen LogP contribution in [0.15, 0.2) is 9.66 Å². The van der Waals surface area contributed by atoms with Crippen LogP contribution in [0.5, 0.6) is 0 Å². The molecule has 5 atom stereocenters. The van der Waals surface area contributed by atoms with E-state index in [-0.39, 0.29) is 21.2 Å². The van der Waals surface area contributed by atoms with E-state index in [1.807, 2.05) is 0 Å². The van der Waals surface area contributed by atoms with Crippen molar-refractivity contribution in [2.75, 3.05) is 13.2 Å². The van der Waals surface area contributed by atoms with Gasteiger partial charge in [0, 0.05) is 0 Å². The zero-order chi connectivity index (χ0) is 19.3. The summed E-state index contributed by atoms with van der Waals surface area (Å²) < 4.78 is 17.5. The molecule has 4 aliphatic rings. The first-order chi connectivity index (χ1) is 13.7. The summed E-state index contributed by atoms with van der Waals surface area (Å²) >= 11 is 2.88. The van der Waals surface area contributed by atoms with Crippen molar-refractivity contribution in [2.24, 2.45) is 17.8 Å². The summed E-state index contributed by atoms with van der Waals surface area (Å²) in [5, 5.41) is 0. The Morgan fingerprint density at radius 3 is 2.11 bits per heavy atom. The average molecular weight is 726 g/mol. The molecule has 0 aromatic heterocycles. The minimum atomic E-state index is 0.0482. The average Bonchev–Trinajstić information content (AvgIpc) is 2.72. The maximum absolute atomic E-state index is 6.40. The van der Waals surface area contributed by atoms with Gasteiger partial charge >= 0.3 is 209 Å². The zero-order valence-electron chi connectivity index (χ0n) is 17.3. The first-order valence-corrected chi connectivity index (χ1v) is 17.5. The molecule has 0 spiro atoms. The Morgan fingerprint density at radius 1 is 0.786 bits per heavy atom. The zero-order valence-corrected chi connectivity index (χ0v) is 23.7. The van der Waals surface area contributed by atoms with Gasteiger partial charge in [-0.1, -0.05) is 0 Å². The molecule has 0 N–H and O–H groups in total. The number of hydrogen-bond donors (Lipinski definition) is 0. The number of allylic oxidation sites excluding steroid dienone is 2. The molecule has 164 valence electrons. The Hall–Kier alpha value is 1.85. The maximum atomic E-state index is 6.40. The van der Waals surface area contributed by atoms with Crippen molar-refractivity contribution in [2.45, 2.75) is 93.6 Å². The second-order valence-corrected chi connectivity index (χ2v) is 18.4. The van der Waals surface area contributed by atoms with Gasteiger partial charge in [0.05, 0.1) is 0 Å². The molecule has 0 radical (unpaired) electrons. The van der Waals surface area contributed by atoms with Crippen LogP contribution in [-0.4, -0.2) is 29.3 Å². The van der Waals surface area contributed by atoms with Crippen LogP contribution in [0.25, 0.3) is 0 Å². The van der Waals surface area contributed by atoms with Gasteiger partial charge in [-0.25, -0.2) is 0 Å². The monoisotopic (exact) mass is 726 g/mol. The minimum absolute atomic E-state index is 0.0482. The van der Waals surface area contributed by atoms with E-state index in [9.17, 15) is 0 Å². The molecule has 4 rings (SSSR count). The van der Waals surface area contributed by atoms with Crippen LogP contribution in [0, 0.1) is 17.8 Å². The molecule has 5 unspecified atom stereocenters. The van der Waals surface area contributed by atoms with Gasteiger partial charge < -0.3 is 0 Å². The Kier molecular flexibility index (Phi) is 9.57. The number of ether oxygens (including phenoxy) is 2. The van der Waals surface area contributed by atoms with E-state index in [1.54, 1.807) is 3.58 Å². The van der Waals surface area contributed by atoms with Crippen LogP contribution in [0.4, 0.5) is 0 Å². The number of alkyl halides is 4. The second-order valence-electron chi connectivity index (χ2n) is 9.29. The van der Waals surface area contributed by atoms with Gasteiger partial charge in [0.25, 0.3) is 0 Å². The summed E-state index contributed by atoms with van der Waals surface area (Å²) in [6.45, 7) is 4.56. The number of halogens is 3. The molecule has 2 heterocycles. The van der Waals surface area contributed by atoms with Gasteiger partial charge in [0.15, 0.2) is 0 Å². The molecule has 3 fully saturated rings. The Labute approximate surface area is 206 Å². The van der Waals surface area contributed by atoms with Gasteiger partial charge in [-0.2, -0.15) is 0 Å². The third-order valence-electron chi connectivity index (χ3n) is 7.08. The van der Waals surface area contributed by atoms with Crippen LogP contribution in [0.2, 0.25) is 0 Å². The van der Waals surface area contributed by atoms with Gasteiger partial charge in [0.1, 0.15) is 0 Å². The van der Waals surface area contributed by atoms with E-state index in [4.69, 9.17) is 9.47 Å². The molecular weight excluding hydrogens is 689 g/mol. The molecule has 1 saturated carbocycles. The molecule has 2 saturated heterocycles. The first-order valence-electron chi connectivity index (χ1n) is 11.5. The van der Waals surface area contributed by atoms with Crippen molar-refractivity contribution in [3.63, 3.8) is 0 Å². The van der Waals surface area contributed by atoms with Crippen molar-refractivity contribution >= 4 is 22.6 Å². The molecule has 0 aromatic carbocycles. The molecule has 0 amide bonds. The van der Waals surface area contributed by atoms with Crippen LogP contribution < -0.4 is 42.4 Å². The van der Waals surface area contributed by atoms with E-state index in [1.165, 1.54) is 70.6 Å². The quantitative estimate of drug-likeness (QED) is 0.297. The molecule has 5 heteroatoms. The SMILES string of the molecule is CC1CCC(C2CCC([I-]C3CCC([I-]C4CC=C(I)CC4)CO3)OC2)CC1. The third kappa shape index (κ3) is 6.92. The topological polar surface area (TPSA) is 18.5 Å². The summed E-state index contributed by atoms with van der Waals surface area (Å²) in [6.07, 6.45) is 18.0. The predicted octanol–water partition coefficient (Wildman–Crippen LogP) is 0.120. The summed E-state index contributed by atoms with van der Waals surface area (Å²) in [7, 11) is 0. The number of rotatable bonds is 5. The molecule has 2 aliphatic carbocycles. The molecule has 0 bridgehead atoms. The third-order valence-corrected chi connectivity index (χ3v) is 15.8. The van der Waals surface area contributed by atoms with Crippen LogP contribution in [0.1, 0.15) is 77.6 Å². The van der Waals surface area contributed by atoms with Gasteiger partial charge in [-0.05, 0) is 0 Å². The molecule has 2 nitrogen and oxygen atoms in total. The van der Waals surface area contributed by atoms with E-state index < -0.39 is 0 Å². The summed E-state index contributed by atoms with van der Waals surface area (Å²) in [4.78, 5) is 0. The fourth-order valence-corrected chi connectivity index (χ4v) is 12.7. The normalized spacial score (nSPS) is 43.1. The Bertz CT molecular complexity index is 502. The molecule has 28 heavy (non-hydrogen) atoms. The predicted molar refractivity (Wildman–Crippen MR) is 116 cm³/mol. The first kappa shape index (κ1) is 23.0. The standard InChI is InChI=1S/C23H37I3O2/c1-16-2-4-17(5-3-16)18-6-12-22(27-14-18)26-23-13-11-21(15-28-23)25-20-9-7-19(24)8-10-20/h7,16-18,20-23H,2-6,8-15H2,1H3/q-2.